The molecule has 0 spiro atoms. The first-order valence-corrected chi connectivity index (χ1v) is 6.06. The first-order valence-electron chi connectivity index (χ1n) is 6.06. The molecule has 1 heterocycles. The van der Waals surface area contributed by atoms with Gasteiger partial charge in [0.25, 0.3) is 5.69 Å². The summed E-state index contributed by atoms with van der Waals surface area (Å²) in [4.78, 5) is 25.6. The number of benzene rings is 1. The molecule has 8 nitrogen and oxygen atoms in total. The molecule has 4 N–H and O–H groups in total. The second kappa shape index (κ2) is 5.33. The van der Waals surface area contributed by atoms with Crippen LogP contribution in [0.4, 0.5) is 5.69 Å². The lowest BCUT2D eigenvalue weighted by atomic mass is 10.1. The average molecular weight is 290 g/mol. The standard InChI is InChI=1S/C13H14N4O4/c1-13(15,12(14)18)7-21-10-5-4-9(17(19)20)11-8(10)3-2-6-16-11/h2-6H,7,15H2,1H3,(H2,14,18). The molecule has 2 rings (SSSR count). The first kappa shape index (κ1) is 14.7. The summed E-state index contributed by atoms with van der Waals surface area (Å²) < 4.78 is 5.49. The minimum atomic E-state index is -1.34. The van der Waals surface area contributed by atoms with Gasteiger partial charge in [-0.3, -0.25) is 14.9 Å². The number of pyridine rings is 1. The molecule has 0 saturated carbocycles. The summed E-state index contributed by atoms with van der Waals surface area (Å²) >= 11 is 0. The van der Waals surface area contributed by atoms with Gasteiger partial charge in [0.15, 0.2) is 5.52 Å². The lowest BCUT2D eigenvalue weighted by molar-refractivity contribution is -0.383. The highest BCUT2D eigenvalue weighted by atomic mass is 16.6. The maximum absolute atomic E-state index is 11.2. The van der Waals surface area contributed by atoms with E-state index in [-0.39, 0.29) is 17.8 Å². The quantitative estimate of drug-likeness (QED) is 0.615. The van der Waals surface area contributed by atoms with Crippen molar-refractivity contribution >= 4 is 22.5 Å². The van der Waals surface area contributed by atoms with Gasteiger partial charge in [0, 0.05) is 17.6 Å². The highest BCUT2D eigenvalue weighted by Gasteiger charge is 2.27. The number of non-ortho nitro benzene ring substituents is 1. The molecule has 8 heteroatoms. The maximum atomic E-state index is 11.2. The minimum absolute atomic E-state index is 0.122. The molecular formula is C13H14N4O4. The third kappa shape index (κ3) is 2.90. The Morgan fingerprint density at radius 1 is 1.48 bits per heavy atom. The van der Waals surface area contributed by atoms with Gasteiger partial charge in [0.2, 0.25) is 5.91 Å². The third-order valence-corrected chi connectivity index (χ3v) is 3.00. The number of carbonyl (C=O) groups is 1. The summed E-state index contributed by atoms with van der Waals surface area (Å²) in [5, 5.41) is 11.4. The van der Waals surface area contributed by atoms with Gasteiger partial charge in [-0.2, -0.15) is 0 Å². The first-order chi connectivity index (χ1) is 9.83. The number of hydrogen-bond acceptors (Lipinski definition) is 6. The smallest absolute Gasteiger partial charge is 0.295 e. The number of rotatable bonds is 5. The number of nitro benzene ring substituents is 1. The van der Waals surface area contributed by atoms with Gasteiger partial charge in [-0.1, -0.05) is 0 Å². The molecule has 0 bridgehead atoms. The van der Waals surface area contributed by atoms with Crippen molar-refractivity contribution in [2.75, 3.05) is 6.61 Å². The average Bonchev–Trinajstić information content (AvgIpc) is 2.44. The van der Waals surface area contributed by atoms with E-state index in [9.17, 15) is 14.9 Å². The number of aromatic nitrogens is 1. The summed E-state index contributed by atoms with van der Waals surface area (Å²) in [5.74, 6) is -0.353. The van der Waals surface area contributed by atoms with Gasteiger partial charge >= 0.3 is 0 Å². The summed E-state index contributed by atoms with van der Waals surface area (Å²) in [6, 6.07) is 6.01. The van der Waals surface area contributed by atoms with Crippen LogP contribution in [-0.4, -0.2) is 28.0 Å². The molecule has 0 radical (unpaired) electrons. The zero-order chi connectivity index (χ0) is 15.6. The Morgan fingerprint density at radius 3 is 2.81 bits per heavy atom. The van der Waals surface area contributed by atoms with Gasteiger partial charge in [0.05, 0.1) is 4.92 Å². The van der Waals surface area contributed by atoms with Gasteiger partial charge in [-0.05, 0) is 25.1 Å². The fourth-order valence-corrected chi connectivity index (χ4v) is 1.70. The van der Waals surface area contributed by atoms with Crippen molar-refractivity contribution in [3.8, 4) is 5.75 Å². The topological polar surface area (TPSA) is 134 Å². The van der Waals surface area contributed by atoms with Gasteiger partial charge in [-0.25, -0.2) is 4.98 Å². The summed E-state index contributed by atoms with van der Waals surface area (Å²) in [5.41, 5.74) is 9.62. The number of ether oxygens (including phenoxy) is 1. The zero-order valence-corrected chi connectivity index (χ0v) is 11.3. The Hall–Kier alpha value is -2.74. The molecule has 110 valence electrons. The lowest BCUT2D eigenvalue weighted by Gasteiger charge is -2.21. The Labute approximate surface area is 119 Å². The number of primary amides is 1. The van der Waals surface area contributed by atoms with Crippen LogP contribution in [0.15, 0.2) is 30.5 Å². The number of nitrogens with zero attached hydrogens (tertiary/aromatic N) is 2. The number of nitrogens with two attached hydrogens (primary N) is 2. The molecule has 0 aliphatic rings. The van der Waals surface area contributed by atoms with E-state index in [1.807, 2.05) is 0 Å². The van der Waals surface area contributed by atoms with Crippen LogP contribution in [0.1, 0.15) is 6.92 Å². The summed E-state index contributed by atoms with van der Waals surface area (Å²) in [7, 11) is 0. The van der Waals surface area contributed by atoms with E-state index in [1.165, 1.54) is 25.3 Å². The molecule has 1 unspecified atom stereocenters. The van der Waals surface area contributed by atoms with E-state index in [4.69, 9.17) is 16.2 Å². The van der Waals surface area contributed by atoms with E-state index in [1.54, 1.807) is 12.1 Å². The SMILES string of the molecule is CC(N)(COc1ccc([N+](=O)[O-])c2ncccc12)C(N)=O. The normalized spacial score (nSPS) is 13.6. The predicted molar refractivity (Wildman–Crippen MR) is 75.7 cm³/mol. The van der Waals surface area contributed by atoms with E-state index >= 15 is 0 Å². The Bertz CT molecular complexity index is 714. The molecule has 1 aromatic carbocycles. The van der Waals surface area contributed by atoms with E-state index < -0.39 is 16.4 Å². The highest BCUT2D eigenvalue weighted by Crippen LogP contribution is 2.31. The van der Waals surface area contributed by atoms with Crippen molar-refractivity contribution in [1.29, 1.82) is 0 Å². The molecule has 21 heavy (non-hydrogen) atoms. The molecule has 2 aromatic rings. The Morgan fingerprint density at radius 2 is 2.19 bits per heavy atom. The maximum Gasteiger partial charge on any atom is 0.295 e. The Balaban J connectivity index is 2.40. The van der Waals surface area contributed by atoms with Crippen LogP contribution in [0.3, 0.4) is 0 Å². The molecule has 1 amide bonds. The van der Waals surface area contributed by atoms with Crippen LogP contribution in [0.2, 0.25) is 0 Å². The predicted octanol–water partition coefficient (Wildman–Crippen LogP) is 0.724. The minimum Gasteiger partial charge on any atom is -0.490 e. The van der Waals surface area contributed by atoms with Crippen LogP contribution in [0.5, 0.6) is 5.75 Å². The monoisotopic (exact) mass is 290 g/mol. The highest BCUT2D eigenvalue weighted by molar-refractivity contribution is 5.92. The van der Waals surface area contributed by atoms with Crippen molar-refractivity contribution in [3.05, 3.63) is 40.6 Å². The fraction of sp³-hybridized carbons (Fsp3) is 0.231. The number of carbonyl (C=O) groups excluding carboxylic acids is 1. The molecule has 0 aliphatic heterocycles. The van der Waals surface area contributed by atoms with Crippen molar-refractivity contribution < 1.29 is 14.5 Å². The van der Waals surface area contributed by atoms with Gasteiger partial charge in [0.1, 0.15) is 17.9 Å². The van der Waals surface area contributed by atoms with Crippen molar-refractivity contribution in [1.82, 2.24) is 4.98 Å². The van der Waals surface area contributed by atoms with Crippen LogP contribution < -0.4 is 16.2 Å². The largest absolute Gasteiger partial charge is 0.490 e. The number of nitro groups is 1. The third-order valence-electron chi connectivity index (χ3n) is 3.00. The number of hydrogen-bond donors (Lipinski definition) is 2. The van der Waals surface area contributed by atoms with Gasteiger partial charge in [-0.15, -0.1) is 0 Å². The van der Waals surface area contributed by atoms with Crippen LogP contribution >= 0.6 is 0 Å². The second-order valence-electron chi connectivity index (χ2n) is 4.81. The second-order valence-corrected chi connectivity index (χ2v) is 4.81. The number of fused-ring (bicyclic) bond motifs is 1. The molecule has 1 aromatic heterocycles. The molecule has 1 atom stereocenters. The van der Waals surface area contributed by atoms with Crippen molar-refractivity contribution in [2.45, 2.75) is 12.5 Å². The van der Waals surface area contributed by atoms with Crippen LogP contribution in [0, 0.1) is 10.1 Å². The molecule has 0 aliphatic carbocycles. The van der Waals surface area contributed by atoms with Crippen LogP contribution in [-0.2, 0) is 4.79 Å². The van der Waals surface area contributed by atoms with Crippen molar-refractivity contribution in [2.24, 2.45) is 11.5 Å². The van der Waals surface area contributed by atoms with E-state index in [0.29, 0.717) is 11.1 Å². The molecular weight excluding hydrogens is 276 g/mol. The summed E-state index contributed by atoms with van der Waals surface area (Å²) in [6.07, 6.45) is 1.45. The van der Waals surface area contributed by atoms with E-state index in [0.717, 1.165) is 0 Å². The molecule has 0 saturated heterocycles. The Kier molecular flexibility index (Phi) is 3.72. The van der Waals surface area contributed by atoms with Gasteiger partial charge < -0.3 is 16.2 Å². The zero-order valence-electron chi connectivity index (χ0n) is 11.3. The number of amides is 1. The van der Waals surface area contributed by atoms with Crippen LogP contribution in [0.25, 0.3) is 10.9 Å². The molecule has 0 fully saturated rings. The summed E-state index contributed by atoms with van der Waals surface area (Å²) in [6.45, 7) is 1.30. The lowest BCUT2D eigenvalue weighted by Crippen LogP contribution is -2.53. The van der Waals surface area contributed by atoms with Crippen molar-refractivity contribution in [3.63, 3.8) is 0 Å². The van der Waals surface area contributed by atoms with E-state index in [2.05, 4.69) is 4.98 Å². The fourth-order valence-electron chi connectivity index (χ4n) is 1.70.